The minimum Gasteiger partial charge on any atom is -0.477 e. The van der Waals surface area contributed by atoms with Crippen LogP contribution >= 0.6 is 0 Å². The molecular formula is C13H20N2O3. The summed E-state index contributed by atoms with van der Waals surface area (Å²) in [4.78, 5) is 15.7. The Bertz CT molecular complexity index is 405. The molecule has 0 aliphatic rings. The molecule has 1 aromatic heterocycles. The zero-order valence-corrected chi connectivity index (χ0v) is 11.1. The molecule has 0 aromatic carbocycles. The van der Waals surface area contributed by atoms with Crippen LogP contribution in [0.2, 0.25) is 0 Å². The zero-order chi connectivity index (χ0) is 13.5. The fraction of sp³-hybridized carbons (Fsp3) is 0.538. The van der Waals surface area contributed by atoms with E-state index in [1.165, 1.54) is 7.11 Å². The molecule has 1 aromatic rings. The zero-order valence-electron chi connectivity index (χ0n) is 11.1. The number of methoxy groups -OCH3 is 1. The molecule has 5 nitrogen and oxygen atoms in total. The third kappa shape index (κ3) is 4.33. The van der Waals surface area contributed by atoms with E-state index >= 15 is 0 Å². The van der Waals surface area contributed by atoms with E-state index in [9.17, 15) is 4.79 Å². The highest BCUT2D eigenvalue weighted by molar-refractivity contribution is 5.91. The second-order valence-electron chi connectivity index (χ2n) is 4.32. The molecule has 18 heavy (non-hydrogen) atoms. The van der Waals surface area contributed by atoms with Crippen LogP contribution in [0, 0.1) is 6.92 Å². The van der Waals surface area contributed by atoms with Gasteiger partial charge in [-0.1, -0.05) is 0 Å². The fourth-order valence-electron chi connectivity index (χ4n) is 1.50. The summed E-state index contributed by atoms with van der Waals surface area (Å²) in [5, 5.41) is 0. The maximum Gasteiger partial charge on any atom is 0.343 e. The maximum absolute atomic E-state index is 11.6. The summed E-state index contributed by atoms with van der Waals surface area (Å²) < 4.78 is 10.2. The average molecular weight is 252 g/mol. The second-order valence-corrected chi connectivity index (χ2v) is 4.32. The van der Waals surface area contributed by atoms with Crippen LogP contribution in [0.25, 0.3) is 0 Å². The van der Waals surface area contributed by atoms with Crippen LogP contribution in [0.5, 0.6) is 5.88 Å². The lowest BCUT2D eigenvalue weighted by Crippen LogP contribution is -2.16. The lowest BCUT2D eigenvalue weighted by atomic mass is 10.2. The number of esters is 1. The first-order valence-electron chi connectivity index (χ1n) is 5.98. The Hall–Kier alpha value is -1.62. The van der Waals surface area contributed by atoms with Crippen molar-refractivity contribution in [3.8, 4) is 5.88 Å². The number of aryl methyl sites for hydroxylation is 1. The normalized spacial score (nSPS) is 12.0. The summed E-state index contributed by atoms with van der Waals surface area (Å²) in [5.41, 5.74) is 6.89. The summed E-state index contributed by atoms with van der Waals surface area (Å²) in [6.07, 6.45) is 3.36. The summed E-state index contributed by atoms with van der Waals surface area (Å²) >= 11 is 0. The van der Waals surface area contributed by atoms with Gasteiger partial charge in [0.15, 0.2) is 0 Å². The molecule has 2 N–H and O–H groups in total. The van der Waals surface area contributed by atoms with Gasteiger partial charge in [-0.05, 0) is 38.3 Å². The largest absolute Gasteiger partial charge is 0.477 e. The van der Waals surface area contributed by atoms with E-state index in [2.05, 4.69) is 4.98 Å². The number of carbonyl (C=O) groups is 1. The van der Waals surface area contributed by atoms with E-state index in [0.29, 0.717) is 18.1 Å². The quantitative estimate of drug-likeness (QED) is 0.616. The summed E-state index contributed by atoms with van der Waals surface area (Å²) in [5.74, 6) is -0.120. The van der Waals surface area contributed by atoms with Crippen molar-refractivity contribution >= 4 is 5.97 Å². The second kappa shape index (κ2) is 6.96. The van der Waals surface area contributed by atoms with Gasteiger partial charge in [-0.25, -0.2) is 9.78 Å². The molecule has 0 amide bonds. The Balaban J connectivity index is 2.66. The highest BCUT2D eigenvalue weighted by Gasteiger charge is 2.14. The lowest BCUT2D eigenvalue weighted by molar-refractivity contribution is 0.0594. The standard InChI is InChI=1S/C13H20N2O3/c1-9-7-11(13(16)17-3)12(15-8-9)18-6-4-5-10(2)14/h7-8,10H,4-6,14H2,1-3H3. The number of ether oxygens (including phenoxy) is 2. The van der Waals surface area contributed by atoms with Crippen molar-refractivity contribution in [2.24, 2.45) is 5.73 Å². The maximum atomic E-state index is 11.6. The topological polar surface area (TPSA) is 74.4 Å². The Labute approximate surface area is 107 Å². The first kappa shape index (κ1) is 14.4. The summed E-state index contributed by atoms with van der Waals surface area (Å²) in [6.45, 7) is 4.30. The Kier molecular flexibility index (Phi) is 5.58. The first-order chi connectivity index (χ1) is 8.54. The van der Waals surface area contributed by atoms with E-state index in [-0.39, 0.29) is 6.04 Å². The molecule has 0 saturated heterocycles. The molecule has 0 bridgehead atoms. The Morgan fingerprint density at radius 1 is 1.56 bits per heavy atom. The number of hydrogen-bond donors (Lipinski definition) is 1. The van der Waals surface area contributed by atoms with Crippen molar-refractivity contribution in [2.45, 2.75) is 32.7 Å². The van der Waals surface area contributed by atoms with Crippen LogP contribution in [-0.4, -0.2) is 30.7 Å². The van der Waals surface area contributed by atoms with Gasteiger partial charge in [0.1, 0.15) is 5.56 Å². The lowest BCUT2D eigenvalue weighted by Gasteiger charge is -2.10. The number of nitrogens with zero attached hydrogens (tertiary/aromatic N) is 1. The summed E-state index contributed by atoms with van der Waals surface area (Å²) in [7, 11) is 1.34. The summed E-state index contributed by atoms with van der Waals surface area (Å²) in [6, 6.07) is 1.86. The van der Waals surface area contributed by atoms with Gasteiger partial charge in [0.25, 0.3) is 0 Å². The number of nitrogens with two attached hydrogens (primary N) is 1. The van der Waals surface area contributed by atoms with Gasteiger partial charge in [0.2, 0.25) is 5.88 Å². The van der Waals surface area contributed by atoms with E-state index in [1.54, 1.807) is 12.3 Å². The van der Waals surface area contributed by atoms with Crippen molar-refractivity contribution in [1.29, 1.82) is 0 Å². The SMILES string of the molecule is COC(=O)c1cc(C)cnc1OCCCC(C)N. The van der Waals surface area contributed by atoms with E-state index < -0.39 is 5.97 Å². The third-order valence-electron chi connectivity index (χ3n) is 2.44. The van der Waals surface area contributed by atoms with Crippen LogP contribution in [-0.2, 0) is 4.74 Å². The van der Waals surface area contributed by atoms with Gasteiger partial charge in [0, 0.05) is 12.2 Å². The molecule has 1 heterocycles. The molecule has 0 saturated carbocycles. The van der Waals surface area contributed by atoms with Crippen LogP contribution in [0.15, 0.2) is 12.3 Å². The first-order valence-corrected chi connectivity index (χ1v) is 5.98. The van der Waals surface area contributed by atoms with Crippen LogP contribution in [0.4, 0.5) is 0 Å². The molecule has 1 unspecified atom stereocenters. The van der Waals surface area contributed by atoms with Crippen molar-refractivity contribution in [3.63, 3.8) is 0 Å². The predicted octanol–water partition coefficient (Wildman–Crippen LogP) is 1.68. The van der Waals surface area contributed by atoms with Crippen molar-refractivity contribution in [1.82, 2.24) is 4.98 Å². The Morgan fingerprint density at radius 3 is 2.89 bits per heavy atom. The molecule has 0 aliphatic heterocycles. The van der Waals surface area contributed by atoms with Crippen molar-refractivity contribution < 1.29 is 14.3 Å². The van der Waals surface area contributed by atoms with Crippen LogP contribution in [0.1, 0.15) is 35.7 Å². The number of hydrogen-bond acceptors (Lipinski definition) is 5. The van der Waals surface area contributed by atoms with Gasteiger partial charge in [-0.15, -0.1) is 0 Å². The van der Waals surface area contributed by atoms with Gasteiger partial charge >= 0.3 is 5.97 Å². The highest BCUT2D eigenvalue weighted by atomic mass is 16.5. The van der Waals surface area contributed by atoms with Crippen molar-refractivity contribution in [3.05, 3.63) is 23.4 Å². The number of carbonyl (C=O) groups excluding carboxylic acids is 1. The number of aromatic nitrogens is 1. The molecule has 1 rings (SSSR count). The van der Waals surface area contributed by atoms with Crippen LogP contribution < -0.4 is 10.5 Å². The van der Waals surface area contributed by atoms with Crippen LogP contribution in [0.3, 0.4) is 0 Å². The third-order valence-corrected chi connectivity index (χ3v) is 2.44. The predicted molar refractivity (Wildman–Crippen MR) is 68.7 cm³/mol. The van der Waals surface area contributed by atoms with Gasteiger partial charge < -0.3 is 15.2 Å². The minimum absolute atomic E-state index is 0.152. The van der Waals surface area contributed by atoms with Gasteiger partial charge in [0.05, 0.1) is 13.7 Å². The smallest absolute Gasteiger partial charge is 0.343 e. The fourth-order valence-corrected chi connectivity index (χ4v) is 1.50. The van der Waals surface area contributed by atoms with E-state index in [0.717, 1.165) is 18.4 Å². The monoisotopic (exact) mass is 252 g/mol. The molecule has 0 spiro atoms. The van der Waals surface area contributed by atoms with E-state index in [4.69, 9.17) is 15.2 Å². The van der Waals surface area contributed by atoms with Gasteiger partial charge in [-0.2, -0.15) is 0 Å². The molecule has 100 valence electrons. The molecule has 1 atom stereocenters. The molecule has 5 heteroatoms. The molecule has 0 aliphatic carbocycles. The van der Waals surface area contributed by atoms with Crippen molar-refractivity contribution in [2.75, 3.05) is 13.7 Å². The number of pyridine rings is 1. The van der Waals surface area contributed by atoms with Gasteiger partial charge in [-0.3, -0.25) is 0 Å². The highest BCUT2D eigenvalue weighted by Crippen LogP contribution is 2.17. The molecule has 0 fully saturated rings. The molecular weight excluding hydrogens is 232 g/mol. The average Bonchev–Trinajstić information content (AvgIpc) is 2.34. The number of rotatable bonds is 6. The molecule has 0 radical (unpaired) electrons. The Morgan fingerprint density at radius 2 is 2.28 bits per heavy atom. The minimum atomic E-state index is -0.437. The van der Waals surface area contributed by atoms with E-state index in [1.807, 2.05) is 13.8 Å².